The van der Waals surface area contributed by atoms with Crippen LogP contribution in [0, 0.1) is 5.41 Å². The number of benzene rings is 3. The number of piperazine rings is 1. The van der Waals surface area contributed by atoms with Crippen LogP contribution in [-0.4, -0.2) is 107 Å². The largest absolute Gasteiger partial charge is 0.495 e. The fourth-order valence-corrected chi connectivity index (χ4v) is 8.31. The number of nitrogens with one attached hydrogen (secondary N) is 1. The van der Waals surface area contributed by atoms with Gasteiger partial charge in [0.2, 0.25) is 17.7 Å². The molecule has 2 saturated heterocycles. The van der Waals surface area contributed by atoms with Crippen LogP contribution in [0.5, 0.6) is 5.75 Å². The first-order valence-electron chi connectivity index (χ1n) is 17.3. The summed E-state index contributed by atoms with van der Waals surface area (Å²) in [6.45, 7) is 2.01. The maximum Gasteiger partial charge on any atom is 0.245 e. The minimum absolute atomic E-state index is 0.0141. The van der Waals surface area contributed by atoms with Crippen LogP contribution in [0.4, 0.5) is 5.69 Å². The number of hydrogen-bond donors (Lipinski definition) is 3. The molecule has 258 valence electrons. The van der Waals surface area contributed by atoms with Crippen molar-refractivity contribution < 1.29 is 34.1 Å². The summed E-state index contributed by atoms with van der Waals surface area (Å²) in [7, 11) is 1.64. The number of Topliss-reactive ketones (excluding diaryl/α,β-unsaturated/α-hetero) is 1. The quantitative estimate of drug-likeness (QED) is 0.311. The Morgan fingerprint density at radius 3 is 2.35 bits per heavy atom. The van der Waals surface area contributed by atoms with Crippen LogP contribution >= 0.6 is 0 Å². The van der Waals surface area contributed by atoms with Crippen LogP contribution in [0.25, 0.3) is 10.8 Å². The van der Waals surface area contributed by atoms with E-state index in [1.54, 1.807) is 12.0 Å². The number of aliphatic hydroxyl groups is 2. The van der Waals surface area contributed by atoms with Crippen LogP contribution in [-0.2, 0) is 25.6 Å². The highest BCUT2D eigenvalue weighted by Gasteiger charge is 2.60. The van der Waals surface area contributed by atoms with Crippen LogP contribution in [0.3, 0.4) is 0 Å². The number of methoxy groups -OCH3 is 1. The van der Waals surface area contributed by atoms with Crippen molar-refractivity contribution in [1.29, 1.82) is 0 Å². The lowest BCUT2D eigenvalue weighted by molar-refractivity contribution is -0.170. The van der Waals surface area contributed by atoms with Crippen molar-refractivity contribution in [2.75, 3.05) is 44.7 Å². The summed E-state index contributed by atoms with van der Waals surface area (Å²) >= 11 is 0. The molecule has 3 aliphatic carbocycles. The van der Waals surface area contributed by atoms with Gasteiger partial charge in [-0.1, -0.05) is 54.6 Å². The lowest BCUT2D eigenvalue weighted by Gasteiger charge is -2.49. The van der Waals surface area contributed by atoms with Crippen molar-refractivity contribution in [1.82, 2.24) is 15.1 Å². The Bertz CT molecular complexity index is 1760. The number of anilines is 1. The summed E-state index contributed by atoms with van der Waals surface area (Å²) in [5, 5.41) is 26.4. The molecule has 2 aliphatic heterocycles. The third-order valence-electron chi connectivity index (χ3n) is 11.2. The molecule has 3 atom stereocenters. The summed E-state index contributed by atoms with van der Waals surface area (Å²) in [6.07, 6.45) is 0.408. The van der Waals surface area contributed by atoms with E-state index >= 15 is 0 Å². The molecular weight excluding hydrogens is 624 g/mol. The predicted molar refractivity (Wildman–Crippen MR) is 183 cm³/mol. The maximum atomic E-state index is 14.3. The average Bonchev–Trinajstić information content (AvgIpc) is 3.52. The first-order valence-corrected chi connectivity index (χ1v) is 17.3. The van der Waals surface area contributed by atoms with Gasteiger partial charge in [0, 0.05) is 52.0 Å². The number of hydrogen-bond acceptors (Lipinski definition) is 8. The Hall–Kier alpha value is -4.48. The van der Waals surface area contributed by atoms with Gasteiger partial charge in [0.15, 0.2) is 5.78 Å². The van der Waals surface area contributed by atoms with Gasteiger partial charge in [0.1, 0.15) is 23.2 Å². The smallest absolute Gasteiger partial charge is 0.245 e. The number of aliphatic hydroxyl groups excluding tert-OH is 1. The molecule has 11 heteroatoms. The number of carbonyl (C=O) groups is 4. The van der Waals surface area contributed by atoms with Crippen molar-refractivity contribution in [3.05, 3.63) is 72.3 Å². The van der Waals surface area contributed by atoms with Crippen molar-refractivity contribution >= 4 is 40.0 Å². The zero-order valence-electron chi connectivity index (χ0n) is 27.8. The molecule has 2 unspecified atom stereocenters. The molecule has 5 fully saturated rings. The van der Waals surface area contributed by atoms with Gasteiger partial charge in [0.05, 0.1) is 24.5 Å². The fourth-order valence-electron chi connectivity index (χ4n) is 8.31. The third kappa shape index (κ3) is 6.25. The highest BCUT2D eigenvalue weighted by atomic mass is 16.5. The summed E-state index contributed by atoms with van der Waals surface area (Å²) in [4.78, 5) is 60.9. The molecule has 49 heavy (non-hydrogen) atoms. The lowest BCUT2D eigenvalue weighted by Crippen LogP contribution is -2.62. The number of fused-ring (bicyclic) bond motifs is 4. The zero-order chi connectivity index (χ0) is 34.3. The Morgan fingerprint density at radius 2 is 1.63 bits per heavy atom. The highest BCUT2D eigenvalue weighted by Crippen LogP contribution is 2.51. The van der Waals surface area contributed by atoms with E-state index in [9.17, 15) is 29.4 Å². The Labute approximate surface area is 285 Å². The van der Waals surface area contributed by atoms with E-state index in [4.69, 9.17) is 4.74 Å². The first kappa shape index (κ1) is 33.0. The number of likely N-dealkylation sites (tertiary alicyclic amines) is 1. The topological polar surface area (TPSA) is 140 Å². The van der Waals surface area contributed by atoms with Gasteiger partial charge in [-0.05, 0) is 54.2 Å². The second kappa shape index (κ2) is 13.1. The summed E-state index contributed by atoms with van der Waals surface area (Å²) in [6, 6.07) is 19.8. The van der Waals surface area contributed by atoms with Gasteiger partial charge in [0.25, 0.3) is 0 Å². The van der Waals surface area contributed by atoms with Gasteiger partial charge in [-0.2, -0.15) is 0 Å². The number of para-hydroxylation sites is 2. The maximum absolute atomic E-state index is 14.3. The molecule has 8 rings (SSSR count). The number of rotatable bonds is 8. The molecule has 3 N–H and O–H groups in total. The molecule has 3 aromatic carbocycles. The normalized spacial score (nSPS) is 27.3. The summed E-state index contributed by atoms with van der Waals surface area (Å²) < 4.78 is 5.55. The molecule has 5 aliphatic rings. The Balaban J connectivity index is 1.11. The second-order valence-electron chi connectivity index (χ2n) is 14.2. The predicted octanol–water partition coefficient (Wildman–Crippen LogP) is 2.45. The van der Waals surface area contributed by atoms with Gasteiger partial charge in [-0.15, -0.1) is 0 Å². The zero-order valence-corrected chi connectivity index (χ0v) is 27.8. The van der Waals surface area contributed by atoms with Crippen molar-refractivity contribution in [2.45, 2.75) is 68.7 Å². The number of ether oxygens (including phenoxy) is 1. The number of β-amino-alcohol motifs (C(OH)–C–C–N with tert-alkyl or cyclic N) is 1. The molecule has 11 nitrogen and oxygen atoms in total. The average molecular weight is 669 g/mol. The van der Waals surface area contributed by atoms with Crippen molar-refractivity contribution in [2.24, 2.45) is 5.41 Å². The van der Waals surface area contributed by atoms with Crippen LogP contribution in [0.2, 0.25) is 0 Å². The minimum Gasteiger partial charge on any atom is -0.495 e. The van der Waals surface area contributed by atoms with E-state index < -0.39 is 41.0 Å². The van der Waals surface area contributed by atoms with Gasteiger partial charge >= 0.3 is 0 Å². The molecule has 2 bridgehead atoms. The fraction of sp³-hybridized carbons (Fsp3) is 0.474. The molecule has 0 spiro atoms. The standard InChI is InChI=1S/C38H44N4O7/c1-49-32-9-5-4-8-30(32)40-16-18-41(19-17-40)35(46)29(21-25-10-11-26-6-2-3-7-27(26)20-25)39-34(45)31-22-28(43)24-42(31)36(47)38-14-12-37(48,13-15-38)23-33(38)44/h2-11,20,28-29,31,43,48H,12-19,21-24H2,1H3,(H,39,45)/t28-,29?,31?,37?,38?/m1/s1. The third-order valence-corrected chi connectivity index (χ3v) is 11.2. The number of amides is 3. The molecule has 3 saturated carbocycles. The SMILES string of the molecule is COc1ccccc1N1CCN(C(=O)C(Cc2ccc3ccccc3c2)NC(=O)C2C[C@@H](O)CN2C(=O)C23CCC(O)(CC2)CC3=O)CC1. The molecule has 3 amide bonds. The van der Waals surface area contributed by atoms with Gasteiger partial charge < -0.3 is 35.0 Å². The van der Waals surface area contributed by atoms with Crippen molar-refractivity contribution in [3.8, 4) is 5.75 Å². The van der Waals surface area contributed by atoms with Crippen LogP contribution in [0.1, 0.15) is 44.1 Å². The minimum atomic E-state index is -1.28. The molecule has 0 radical (unpaired) electrons. The lowest BCUT2D eigenvalue weighted by atomic mass is 9.57. The highest BCUT2D eigenvalue weighted by molar-refractivity contribution is 6.09. The number of carbonyl (C=O) groups excluding carboxylic acids is 4. The molecule has 0 aromatic heterocycles. The first-order chi connectivity index (χ1) is 23.6. The molecular formula is C38H44N4O7. The van der Waals surface area contributed by atoms with E-state index in [0.717, 1.165) is 27.8 Å². The molecule has 3 aromatic rings. The summed E-state index contributed by atoms with van der Waals surface area (Å²) in [5.74, 6) is -0.732. The van der Waals surface area contributed by atoms with Crippen molar-refractivity contribution in [3.63, 3.8) is 0 Å². The van der Waals surface area contributed by atoms with Gasteiger partial charge in [-0.25, -0.2) is 0 Å². The number of nitrogens with zero attached hydrogens (tertiary/aromatic N) is 3. The Kier molecular flexibility index (Phi) is 8.83. The summed E-state index contributed by atoms with van der Waals surface area (Å²) in [5.41, 5.74) is -0.504. The van der Waals surface area contributed by atoms with E-state index in [0.29, 0.717) is 39.0 Å². The van der Waals surface area contributed by atoms with Crippen LogP contribution in [0.15, 0.2) is 66.7 Å². The Morgan fingerprint density at radius 1 is 0.939 bits per heavy atom. The van der Waals surface area contributed by atoms with E-state index in [2.05, 4.69) is 10.2 Å². The number of ketones is 1. The van der Waals surface area contributed by atoms with E-state index in [-0.39, 0.29) is 50.3 Å². The van der Waals surface area contributed by atoms with E-state index in [1.165, 1.54) is 4.90 Å². The molecule has 2 heterocycles. The monoisotopic (exact) mass is 668 g/mol. The van der Waals surface area contributed by atoms with Crippen LogP contribution < -0.4 is 15.0 Å². The van der Waals surface area contributed by atoms with E-state index in [1.807, 2.05) is 66.7 Å². The van der Waals surface area contributed by atoms with Gasteiger partial charge in [-0.3, -0.25) is 19.2 Å². The second-order valence-corrected chi connectivity index (χ2v) is 14.2.